The monoisotopic (exact) mass is 235 g/mol. The second-order valence-electron chi connectivity index (χ2n) is 4.55. The molecule has 1 rings (SSSR count). The predicted molar refractivity (Wildman–Crippen MR) is 72.0 cm³/mol. The lowest BCUT2D eigenvalue weighted by Crippen LogP contribution is -2.40. The second-order valence-corrected chi connectivity index (χ2v) is 4.55. The summed E-state index contributed by atoms with van der Waals surface area (Å²) in [7, 11) is 3.71. The van der Waals surface area contributed by atoms with Crippen LogP contribution in [0.4, 0.5) is 11.4 Å². The van der Waals surface area contributed by atoms with Gasteiger partial charge in [0.25, 0.3) is 0 Å². The lowest BCUT2D eigenvalue weighted by Gasteiger charge is -2.26. The summed E-state index contributed by atoms with van der Waals surface area (Å²) in [6, 6.07) is 7.75. The minimum atomic E-state index is 0.102. The van der Waals surface area contributed by atoms with Gasteiger partial charge in [0, 0.05) is 31.5 Å². The maximum absolute atomic E-state index is 11.9. The van der Waals surface area contributed by atoms with Crippen LogP contribution in [0.1, 0.15) is 13.8 Å². The molecule has 4 nitrogen and oxygen atoms in total. The predicted octanol–water partition coefficient (Wildman–Crippen LogP) is 1.57. The molecule has 0 spiro atoms. The van der Waals surface area contributed by atoms with Gasteiger partial charge in [0.15, 0.2) is 0 Å². The first kappa shape index (κ1) is 13.4. The number of nitrogens with two attached hydrogens (primary N) is 1. The van der Waals surface area contributed by atoms with Crippen molar-refractivity contribution in [3.05, 3.63) is 24.3 Å². The molecule has 0 atom stereocenters. The van der Waals surface area contributed by atoms with Crippen LogP contribution in [-0.4, -0.2) is 37.5 Å². The number of nitrogen functional groups attached to an aromatic ring is 1. The summed E-state index contributed by atoms with van der Waals surface area (Å²) in [5.41, 5.74) is 7.37. The lowest BCUT2D eigenvalue weighted by atomic mass is 10.2. The molecule has 0 heterocycles. The van der Waals surface area contributed by atoms with Crippen LogP contribution >= 0.6 is 0 Å². The standard InChI is InChI=1S/C13H21N3O/c1-10(2)16(4)13(17)9-15(3)12-7-5-6-11(14)8-12/h5-8,10H,9,14H2,1-4H3. The molecule has 0 aliphatic rings. The highest BCUT2D eigenvalue weighted by molar-refractivity contribution is 5.81. The molecule has 17 heavy (non-hydrogen) atoms. The van der Waals surface area contributed by atoms with E-state index in [4.69, 9.17) is 5.73 Å². The largest absolute Gasteiger partial charge is 0.399 e. The summed E-state index contributed by atoms with van der Waals surface area (Å²) < 4.78 is 0. The maximum atomic E-state index is 11.9. The molecule has 0 radical (unpaired) electrons. The zero-order valence-corrected chi connectivity index (χ0v) is 11.0. The van der Waals surface area contributed by atoms with Crippen LogP contribution in [0.3, 0.4) is 0 Å². The third-order valence-corrected chi connectivity index (χ3v) is 2.85. The van der Waals surface area contributed by atoms with Gasteiger partial charge in [-0.2, -0.15) is 0 Å². The summed E-state index contributed by atoms with van der Waals surface area (Å²) in [5.74, 6) is 0.102. The third-order valence-electron chi connectivity index (χ3n) is 2.85. The average Bonchev–Trinajstić information content (AvgIpc) is 2.27. The molecule has 0 saturated heterocycles. The molecule has 0 saturated carbocycles. The second kappa shape index (κ2) is 5.57. The van der Waals surface area contributed by atoms with E-state index in [2.05, 4.69) is 0 Å². The van der Waals surface area contributed by atoms with E-state index in [-0.39, 0.29) is 11.9 Å². The molecule has 0 bridgehead atoms. The quantitative estimate of drug-likeness (QED) is 0.806. The van der Waals surface area contributed by atoms with Gasteiger partial charge in [0.1, 0.15) is 0 Å². The Balaban J connectivity index is 2.66. The number of rotatable bonds is 4. The van der Waals surface area contributed by atoms with Crippen LogP contribution in [0, 0.1) is 0 Å². The number of carbonyl (C=O) groups excluding carboxylic acids is 1. The minimum absolute atomic E-state index is 0.102. The smallest absolute Gasteiger partial charge is 0.242 e. The summed E-state index contributed by atoms with van der Waals surface area (Å²) in [5, 5.41) is 0. The highest BCUT2D eigenvalue weighted by Gasteiger charge is 2.14. The normalized spacial score (nSPS) is 10.4. The molecule has 94 valence electrons. The Morgan fingerprint density at radius 3 is 2.53 bits per heavy atom. The van der Waals surface area contributed by atoms with Crippen molar-refractivity contribution >= 4 is 17.3 Å². The number of nitrogens with zero attached hydrogens (tertiary/aromatic N) is 2. The molecule has 0 fully saturated rings. The molecule has 0 aromatic heterocycles. The van der Waals surface area contributed by atoms with Gasteiger partial charge in [-0.05, 0) is 32.0 Å². The van der Waals surface area contributed by atoms with Crippen molar-refractivity contribution in [1.82, 2.24) is 4.90 Å². The first-order chi connectivity index (χ1) is 7.91. The Bertz CT molecular complexity index is 390. The van der Waals surface area contributed by atoms with E-state index in [1.165, 1.54) is 0 Å². The van der Waals surface area contributed by atoms with Crippen LogP contribution < -0.4 is 10.6 Å². The van der Waals surface area contributed by atoms with E-state index in [0.717, 1.165) is 5.69 Å². The zero-order valence-electron chi connectivity index (χ0n) is 11.0. The number of anilines is 2. The van der Waals surface area contributed by atoms with Gasteiger partial charge in [-0.15, -0.1) is 0 Å². The highest BCUT2D eigenvalue weighted by atomic mass is 16.2. The molecule has 4 heteroatoms. The summed E-state index contributed by atoms with van der Waals surface area (Å²) in [4.78, 5) is 15.5. The fourth-order valence-corrected chi connectivity index (χ4v) is 1.46. The van der Waals surface area contributed by atoms with Gasteiger partial charge >= 0.3 is 0 Å². The van der Waals surface area contributed by atoms with Gasteiger partial charge in [-0.3, -0.25) is 4.79 Å². The number of amides is 1. The highest BCUT2D eigenvalue weighted by Crippen LogP contribution is 2.15. The molecule has 2 N–H and O–H groups in total. The van der Waals surface area contributed by atoms with E-state index in [9.17, 15) is 4.79 Å². The van der Waals surface area contributed by atoms with E-state index >= 15 is 0 Å². The Morgan fingerprint density at radius 2 is 2.00 bits per heavy atom. The van der Waals surface area contributed by atoms with Crippen molar-refractivity contribution in [2.75, 3.05) is 31.3 Å². The average molecular weight is 235 g/mol. The van der Waals surface area contributed by atoms with Gasteiger partial charge < -0.3 is 15.5 Å². The fraction of sp³-hybridized carbons (Fsp3) is 0.462. The molecule has 1 aromatic carbocycles. The topological polar surface area (TPSA) is 49.6 Å². The van der Waals surface area contributed by atoms with Crippen molar-refractivity contribution in [2.45, 2.75) is 19.9 Å². The Morgan fingerprint density at radius 1 is 1.35 bits per heavy atom. The Hall–Kier alpha value is -1.71. The van der Waals surface area contributed by atoms with Gasteiger partial charge in [0.05, 0.1) is 6.54 Å². The van der Waals surface area contributed by atoms with E-state index in [1.54, 1.807) is 4.90 Å². The van der Waals surface area contributed by atoms with E-state index in [1.807, 2.05) is 57.1 Å². The maximum Gasteiger partial charge on any atom is 0.242 e. The van der Waals surface area contributed by atoms with E-state index < -0.39 is 0 Å². The van der Waals surface area contributed by atoms with Crippen molar-refractivity contribution in [3.63, 3.8) is 0 Å². The van der Waals surface area contributed by atoms with Crippen LogP contribution in [0.15, 0.2) is 24.3 Å². The zero-order chi connectivity index (χ0) is 13.0. The molecule has 0 unspecified atom stereocenters. The molecular formula is C13H21N3O. The number of benzene rings is 1. The first-order valence-electron chi connectivity index (χ1n) is 5.74. The number of carbonyl (C=O) groups is 1. The van der Waals surface area contributed by atoms with E-state index in [0.29, 0.717) is 12.2 Å². The molecule has 1 aromatic rings. The van der Waals surface area contributed by atoms with Crippen LogP contribution in [0.25, 0.3) is 0 Å². The molecule has 0 aliphatic heterocycles. The fourth-order valence-electron chi connectivity index (χ4n) is 1.46. The van der Waals surface area contributed by atoms with Crippen molar-refractivity contribution in [2.24, 2.45) is 0 Å². The molecule has 1 amide bonds. The third kappa shape index (κ3) is 3.66. The molecule has 0 aliphatic carbocycles. The summed E-state index contributed by atoms with van der Waals surface area (Å²) in [6.07, 6.45) is 0. The number of hydrogen-bond acceptors (Lipinski definition) is 3. The summed E-state index contributed by atoms with van der Waals surface area (Å²) >= 11 is 0. The van der Waals surface area contributed by atoms with Crippen molar-refractivity contribution < 1.29 is 4.79 Å². The van der Waals surface area contributed by atoms with Crippen molar-refractivity contribution in [1.29, 1.82) is 0 Å². The number of likely N-dealkylation sites (N-methyl/N-ethyl adjacent to an activating group) is 2. The summed E-state index contributed by atoms with van der Waals surface area (Å²) in [6.45, 7) is 4.36. The van der Waals surface area contributed by atoms with Crippen LogP contribution in [0.2, 0.25) is 0 Å². The van der Waals surface area contributed by atoms with Crippen molar-refractivity contribution in [3.8, 4) is 0 Å². The minimum Gasteiger partial charge on any atom is -0.399 e. The Labute approximate surface area is 103 Å². The van der Waals surface area contributed by atoms with Gasteiger partial charge in [-0.1, -0.05) is 6.07 Å². The first-order valence-corrected chi connectivity index (χ1v) is 5.74. The lowest BCUT2D eigenvalue weighted by molar-refractivity contribution is -0.129. The van der Waals surface area contributed by atoms with Crippen LogP contribution in [0.5, 0.6) is 0 Å². The van der Waals surface area contributed by atoms with Gasteiger partial charge in [0.2, 0.25) is 5.91 Å². The SMILES string of the molecule is CC(C)N(C)C(=O)CN(C)c1cccc(N)c1. The Kier molecular flexibility index (Phi) is 4.37. The van der Waals surface area contributed by atoms with Crippen LogP contribution in [-0.2, 0) is 4.79 Å². The van der Waals surface area contributed by atoms with Gasteiger partial charge in [-0.25, -0.2) is 0 Å². The molecular weight excluding hydrogens is 214 g/mol. The number of hydrogen-bond donors (Lipinski definition) is 1.